The van der Waals surface area contributed by atoms with Gasteiger partial charge < -0.3 is 5.32 Å². The van der Waals surface area contributed by atoms with Crippen molar-refractivity contribution in [3.8, 4) is 0 Å². The molecule has 0 amide bonds. The Bertz CT molecular complexity index is 514. The van der Waals surface area contributed by atoms with E-state index in [4.69, 9.17) is 11.6 Å². The molecule has 0 fully saturated rings. The predicted molar refractivity (Wildman–Crippen MR) is 73.7 cm³/mol. The molecule has 0 aliphatic rings. The molecule has 1 aromatic carbocycles. The Morgan fingerprint density at radius 3 is 2.72 bits per heavy atom. The van der Waals surface area contributed by atoms with Crippen molar-refractivity contribution in [2.75, 3.05) is 7.05 Å². The fraction of sp³-hybridized carbons (Fsp3) is 0.286. The molecule has 1 unspecified atom stereocenters. The molecule has 3 nitrogen and oxygen atoms in total. The first-order valence-electron chi connectivity index (χ1n) is 5.89. The van der Waals surface area contributed by atoms with E-state index in [1.165, 1.54) is 5.56 Å². The maximum Gasteiger partial charge on any atom is 0.0544 e. The lowest BCUT2D eigenvalue weighted by Gasteiger charge is -2.17. The predicted octanol–water partition coefficient (Wildman–Crippen LogP) is 2.94. The largest absolute Gasteiger partial charge is 0.313 e. The normalized spacial score (nSPS) is 12.4. The van der Waals surface area contributed by atoms with Crippen LogP contribution in [0, 0.1) is 6.92 Å². The number of hydrogen-bond donors (Lipinski definition) is 1. The second kappa shape index (κ2) is 5.94. The van der Waals surface area contributed by atoms with Gasteiger partial charge in [-0.15, -0.1) is 0 Å². The maximum absolute atomic E-state index is 6.26. The molecule has 18 heavy (non-hydrogen) atoms. The van der Waals surface area contributed by atoms with Crippen LogP contribution in [0.5, 0.6) is 0 Å². The average molecular weight is 262 g/mol. The van der Waals surface area contributed by atoms with E-state index in [-0.39, 0.29) is 6.04 Å². The van der Waals surface area contributed by atoms with Crippen LogP contribution in [0.15, 0.2) is 36.7 Å². The van der Waals surface area contributed by atoms with Gasteiger partial charge in [0.05, 0.1) is 6.20 Å². The van der Waals surface area contributed by atoms with Crippen LogP contribution in [0.2, 0.25) is 5.02 Å². The van der Waals surface area contributed by atoms with Crippen LogP contribution >= 0.6 is 11.6 Å². The zero-order valence-corrected chi connectivity index (χ0v) is 11.3. The number of nitrogens with zero attached hydrogens (tertiary/aromatic N) is 2. The Labute approximate surface area is 112 Å². The van der Waals surface area contributed by atoms with E-state index < -0.39 is 0 Å². The second-order valence-electron chi connectivity index (χ2n) is 4.32. The first kappa shape index (κ1) is 13.0. The zero-order chi connectivity index (χ0) is 13.0. The Morgan fingerprint density at radius 2 is 2.11 bits per heavy atom. The Hall–Kier alpha value is -1.45. The lowest BCUT2D eigenvalue weighted by Crippen LogP contribution is -2.19. The quantitative estimate of drug-likeness (QED) is 0.920. The Kier molecular flexibility index (Phi) is 4.28. The fourth-order valence-electron chi connectivity index (χ4n) is 1.93. The van der Waals surface area contributed by atoms with Crippen LogP contribution in [0.25, 0.3) is 0 Å². The van der Waals surface area contributed by atoms with Gasteiger partial charge in [0, 0.05) is 17.3 Å². The third kappa shape index (κ3) is 3.06. The molecule has 1 aromatic heterocycles. The van der Waals surface area contributed by atoms with E-state index >= 15 is 0 Å². The minimum Gasteiger partial charge on any atom is -0.313 e. The number of rotatable bonds is 4. The molecule has 0 bridgehead atoms. The number of nitrogens with one attached hydrogen (secondary N) is 1. The number of halogens is 1. The third-order valence-corrected chi connectivity index (χ3v) is 3.34. The highest BCUT2D eigenvalue weighted by molar-refractivity contribution is 6.31. The van der Waals surface area contributed by atoms with Gasteiger partial charge in [0.15, 0.2) is 0 Å². The van der Waals surface area contributed by atoms with Gasteiger partial charge in [0.25, 0.3) is 0 Å². The standard InChI is InChI=1S/C14H16ClN3/c1-10-3-4-11(13(15)7-10)8-14(16-2)12-5-6-17-18-9-12/h3-7,9,14,16H,8H2,1-2H3. The lowest BCUT2D eigenvalue weighted by molar-refractivity contribution is 0.588. The van der Waals surface area contributed by atoms with Gasteiger partial charge in [-0.3, -0.25) is 0 Å². The second-order valence-corrected chi connectivity index (χ2v) is 4.72. The molecule has 2 aromatic rings. The molecule has 94 valence electrons. The molecule has 0 saturated carbocycles. The highest BCUT2D eigenvalue weighted by Gasteiger charge is 2.12. The minimum atomic E-state index is 0.195. The van der Waals surface area contributed by atoms with Crippen LogP contribution in [0.4, 0.5) is 0 Å². The maximum atomic E-state index is 6.26. The number of aromatic nitrogens is 2. The average Bonchev–Trinajstić information content (AvgIpc) is 2.39. The number of benzene rings is 1. The lowest BCUT2D eigenvalue weighted by atomic mass is 10.00. The molecular weight excluding hydrogens is 246 g/mol. The number of aryl methyl sites for hydroxylation is 1. The van der Waals surface area contributed by atoms with Gasteiger partial charge in [-0.1, -0.05) is 23.7 Å². The van der Waals surface area contributed by atoms with Gasteiger partial charge in [-0.05, 0) is 49.2 Å². The fourth-order valence-corrected chi connectivity index (χ4v) is 2.24. The van der Waals surface area contributed by atoms with Crippen LogP contribution in [-0.2, 0) is 6.42 Å². The van der Waals surface area contributed by atoms with Crippen LogP contribution in [0.3, 0.4) is 0 Å². The summed E-state index contributed by atoms with van der Waals surface area (Å²) in [6.45, 7) is 2.04. The summed E-state index contributed by atoms with van der Waals surface area (Å²) in [5.41, 5.74) is 3.43. The molecule has 4 heteroatoms. The van der Waals surface area contributed by atoms with Crippen molar-refractivity contribution in [1.82, 2.24) is 15.5 Å². The van der Waals surface area contributed by atoms with E-state index in [0.29, 0.717) is 0 Å². The molecule has 0 saturated heterocycles. The van der Waals surface area contributed by atoms with Gasteiger partial charge in [-0.2, -0.15) is 10.2 Å². The molecule has 1 heterocycles. The van der Waals surface area contributed by atoms with Gasteiger partial charge in [0.1, 0.15) is 0 Å². The van der Waals surface area contributed by atoms with Crippen molar-refractivity contribution in [3.05, 3.63) is 58.4 Å². The minimum absolute atomic E-state index is 0.195. The van der Waals surface area contributed by atoms with E-state index in [1.807, 2.05) is 26.1 Å². The highest BCUT2D eigenvalue weighted by atomic mass is 35.5. The first-order valence-corrected chi connectivity index (χ1v) is 6.27. The summed E-state index contributed by atoms with van der Waals surface area (Å²) in [7, 11) is 1.94. The number of hydrogen-bond acceptors (Lipinski definition) is 3. The summed E-state index contributed by atoms with van der Waals surface area (Å²) in [6.07, 6.45) is 4.32. The summed E-state index contributed by atoms with van der Waals surface area (Å²) in [6, 6.07) is 8.32. The molecule has 0 spiro atoms. The zero-order valence-electron chi connectivity index (χ0n) is 10.5. The highest BCUT2D eigenvalue weighted by Crippen LogP contribution is 2.23. The van der Waals surface area contributed by atoms with E-state index in [9.17, 15) is 0 Å². The van der Waals surface area contributed by atoms with Crippen LogP contribution in [0.1, 0.15) is 22.7 Å². The van der Waals surface area contributed by atoms with Gasteiger partial charge in [0.2, 0.25) is 0 Å². The van der Waals surface area contributed by atoms with Gasteiger partial charge in [-0.25, -0.2) is 0 Å². The molecule has 0 radical (unpaired) electrons. The van der Waals surface area contributed by atoms with E-state index in [0.717, 1.165) is 22.6 Å². The number of likely N-dealkylation sites (N-methyl/N-ethyl adjacent to an activating group) is 1. The summed E-state index contributed by atoms with van der Waals surface area (Å²) in [5, 5.41) is 11.8. The topological polar surface area (TPSA) is 37.8 Å². The Balaban J connectivity index is 2.21. The van der Waals surface area contributed by atoms with Crippen molar-refractivity contribution in [2.45, 2.75) is 19.4 Å². The van der Waals surface area contributed by atoms with Crippen LogP contribution < -0.4 is 5.32 Å². The molecule has 1 atom stereocenters. The van der Waals surface area contributed by atoms with Crippen LogP contribution in [-0.4, -0.2) is 17.2 Å². The van der Waals surface area contributed by atoms with Crippen molar-refractivity contribution in [3.63, 3.8) is 0 Å². The molecular formula is C14H16ClN3. The molecule has 0 aliphatic carbocycles. The Morgan fingerprint density at radius 1 is 1.28 bits per heavy atom. The summed E-state index contributed by atoms with van der Waals surface area (Å²) in [5.74, 6) is 0. The third-order valence-electron chi connectivity index (χ3n) is 2.99. The summed E-state index contributed by atoms with van der Waals surface area (Å²) < 4.78 is 0. The van der Waals surface area contributed by atoms with Crippen molar-refractivity contribution in [2.24, 2.45) is 0 Å². The van der Waals surface area contributed by atoms with Crippen molar-refractivity contribution in [1.29, 1.82) is 0 Å². The van der Waals surface area contributed by atoms with E-state index in [2.05, 4.69) is 27.6 Å². The molecule has 0 aliphatic heterocycles. The summed E-state index contributed by atoms with van der Waals surface area (Å²) in [4.78, 5) is 0. The smallest absolute Gasteiger partial charge is 0.0544 e. The summed E-state index contributed by atoms with van der Waals surface area (Å²) >= 11 is 6.26. The van der Waals surface area contributed by atoms with Crippen molar-refractivity contribution < 1.29 is 0 Å². The van der Waals surface area contributed by atoms with E-state index in [1.54, 1.807) is 12.4 Å². The van der Waals surface area contributed by atoms with Gasteiger partial charge >= 0.3 is 0 Å². The SMILES string of the molecule is CNC(Cc1ccc(C)cc1Cl)c1ccnnc1. The van der Waals surface area contributed by atoms with Crippen molar-refractivity contribution >= 4 is 11.6 Å². The monoisotopic (exact) mass is 261 g/mol. The first-order chi connectivity index (χ1) is 8.70. The molecule has 2 rings (SSSR count). The molecule has 1 N–H and O–H groups in total.